The van der Waals surface area contributed by atoms with E-state index in [1.807, 2.05) is 12.1 Å². The number of nitrogens with one attached hydrogen (secondary N) is 3. The minimum absolute atomic E-state index is 0.121. The van der Waals surface area contributed by atoms with Gasteiger partial charge in [0.1, 0.15) is 16.9 Å². The molecule has 1 aliphatic heterocycles. The number of hydrogen-bond donors (Lipinski definition) is 3. The Labute approximate surface area is 206 Å². The third-order valence-electron chi connectivity index (χ3n) is 6.57. The first-order valence-corrected chi connectivity index (χ1v) is 12.1. The van der Waals surface area contributed by atoms with Gasteiger partial charge in [0, 0.05) is 31.3 Å². The molecule has 0 saturated carbocycles. The number of pyridine rings is 2. The smallest absolute Gasteiger partial charge is 0.224 e. The number of amides is 1. The van der Waals surface area contributed by atoms with Crippen molar-refractivity contribution in [3.8, 4) is 22.8 Å². The van der Waals surface area contributed by atoms with Crippen LogP contribution in [-0.4, -0.2) is 49.1 Å². The molecule has 9 nitrogen and oxygen atoms in total. The number of halogens is 1. The fourth-order valence-electron chi connectivity index (χ4n) is 4.75. The number of rotatable bonds is 5. The van der Waals surface area contributed by atoms with Gasteiger partial charge in [-0.05, 0) is 37.5 Å². The van der Waals surface area contributed by atoms with E-state index in [-0.39, 0.29) is 11.6 Å². The second kappa shape index (κ2) is 9.03. The maximum atomic E-state index is 15.9. The molecular formula is C26H25FN8O. The Hall–Kier alpha value is -4.34. The molecule has 5 heterocycles. The first kappa shape index (κ1) is 22.1. The van der Waals surface area contributed by atoms with Crippen LogP contribution < -0.4 is 10.2 Å². The zero-order chi connectivity index (χ0) is 24.6. The van der Waals surface area contributed by atoms with Crippen LogP contribution in [0.5, 0.6) is 0 Å². The molecule has 0 atom stereocenters. The highest BCUT2D eigenvalue weighted by molar-refractivity contribution is 5.97. The van der Waals surface area contributed by atoms with E-state index in [0.717, 1.165) is 42.7 Å². The highest BCUT2D eigenvalue weighted by atomic mass is 19.1. The fourth-order valence-corrected chi connectivity index (χ4v) is 4.75. The molecule has 0 spiro atoms. The molecule has 1 amide bonds. The van der Waals surface area contributed by atoms with E-state index in [1.165, 1.54) is 18.8 Å². The maximum absolute atomic E-state index is 15.9. The summed E-state index contributed by atoms with van der Waals surface area (Å²) in [6, 6.07) is 7.72. The molecule has 6 rings (SSSR count). The van der Waals surface area contributed by atoms with Crippen LogP contribution in [-0.2, 0) is 4.79 Å². The van der Waals surface area contributed by atoms with Gasteiger partial charge in [0.15, 0.2) is 11.6 Å². The quantitative estimate of drug-likeness (QED) is 0.322. The maximum Gasteiger partial charge on any atom is 0.224 e. The lowest BCUT2D eigenvalue weighted by Crippen LogP contribution is -2.29. The summed E-state index contributed by atoms with van der Waals surface area (Å²) in [5.74, 6) is -0.198. The van der Waals surface area contributed by atoms with E-state index in [4.69, 9.17) is 4.98 Å². The SMILES string of the molecule is CCC(=O)Nc1cncc(-c2ncc3[nH]nc(-c4nc5c(N6CCCCC6)cccc5[nH]4)c3c2F)c1. The number of fused-ring (bicyclic) bond motifs is 2. The number of anilines is 2. The number of H-pyrrole nitrogens is 2. The molecule has 4 aromatic heterocycles. The van der Waals surface area contributed by atoms with Crippen LogP contribution in [0, 0.1) is 5.82 Å². The van der Waals surface area contributed by atoms with Crippen molar-refractivity contribution in [3.05, 3.63) is 48.7 Å². The third kappa shape index (κ3) is 3.84. The summed E-state index contributed by atoms with van der Waals surface area (Å²) in [5.41, 5.74) is 4.71. The van der Waals surface area contributed by atoms with Crippen molar-refractivity contribution in [1.82, 2.24) is 30.1 Å². The zero-order valence-electron chi connectivity index (χ0n) is 19.8. The van der Waals surface area contributed by atoms with Crippen LogP contribution in [0.15, 0.2) is 42.9 Å². The molecule has 1 saturated heterocycles. The van der Waals surface area contributed by atoms with Gasteiger partial charge in [0.05, 0.1) is 40.2 Å². The number of aromatic amines is 2. The van der Waals surface area contributed by atoms with E-state index >= 15 is 4.39 Å². The summed E-state index contributed by atoms with van der Waals surface area (Å²) in [4.78, 5) is 30.8. The van der Waals surface area contributed by atoms with Gasteiger partial charge in [0.25, 0.3) is 0 Å². The molecule has 1 fully saturated rings. The monoisotopic (exact) mass is 484 g/mol. The lowest BCUT2D eigenvalue weighted by molar-refractivity contribution is -0.115. The Balaban J connectivity index is 1.43. The number of carbonyl (C=O) groups is 1. The summed E-state index contributed by atoms with van der Waals surface area (Å²) in [6.07, 6.45) is 8.49. The van der Waals surface area contributed by atoms with Crippen molar-refractivity contribution in [2.45, 2.75) is 32.6 Å². The number of benzene rings is 1. The predicted octanol–water partition coefficient (Wildman–Crippen LogP) is 5.04. The molecule has 5 aromatic rings. The van der Waals surface area contributed by atoms with Crippen LogP contribution >= 0.6 is 0 Å². The number of imidazole rings is 1. The summed E-state index contributed by atoms with van der Waals surface area (Å²) in [6.45, 7) is 3.76. The van der Waals surface area contributed by atoms with Gasteiger partial charge in [-0.15, -0.1) is 0 Å². The average molecular weight is 485 g/mol. The number of aromatic nitrogens is 6. The van der Waals surface area contributed by atoms with E-state index < -0.39 is 5.82 Å². The van der Waals surface area contributed by atoms with Crippen molar-refractivity contribution >= 4 is 39.2 Å². The highest BCUT2D eigenvalue weighted by Gasteiger charge is 2.22. The van der Waals surface area contributed by atoms with Crippen molar-refractivity contribution in [2.75, 3.05) is 23.3 Å². The lowest BCUT2D eigenvalue weighted by atomic mass is 10.1. The Morgan fingerprint density at radius 2 is 1.97 bits per heavy atom. The Bertz CT molecular complexity index is 1580. The zero-order valence-corrected chi connectivity index (χ0v) is 19.8. The van der Waals surface area contributed by atoms with E-state index in [9.17, 15) is 4.79 Å². The second-order valence-electron chi connectivity index (χ2n) is 8.95. The van der Waals surface area contributed by atoms with Gasteiger partial charge in [-0.2, -0.15) is 5.10 Å². The number of nitrogens with zero attached hydrogens (tertiary/aromatic N) is 5. The number of piperidine rings is 1. The van der Waals surface area contributed by atoms with Gasteiger partial charge in [-0.1, -0.05) is 13.0 Å². The van der Waals surface area contributed by atoms with Crippen LogP contribution in [0.25, 0.3) is 44.7 Å². The molecule has 0 radical (unpaired) electrons. The largest absolute Gasteiger partial charge is 0.370 e. The normalized spacial score (nSPS) is 14.0. The summed E-state index contributed by atoms with van der Waals surface area (Å²) in [7, 11) is 0. The molecule has 182 valence electrons. The van der Waals surface area contributed by atoms with Gasteiger partial charge < -0.3 is 15.2 Å². The van der Waals surface area contributed by atoms with Gasteiger partial charge in [0.2, 0.25) is 5.91 Å². The van der Waals surface area contributed by atoms with Crippen LogP contribution in [0.4, 0.5) is 15.8 Å². The van der Waals surface area contributed by atoms with Crippen LogP contribution in [0.2, 0.25) is 0 Å². The Morgan fingerprint density at radius 3 is 2.81 bits per heavy atom. The number of carbonyl (C=O) groups excluding carboxylic acids is 1. The van der Waals surface area contributed by atoms with Gasteiger partial charge >= 0.3 is 0 Å². The lowest BCUT2D eigenvalue weighted by Gasteiger charge is -2.28. The molecule has 1 aliphatic rings. The summed E-state index contributed by atoms with van der Waals surface area (Å²) < 4.78 is 15.9. The van der Waals surface area contributed by atoms with E-state index in [0.29, 0.717) is 40.1 Å². The van der Waals surface area contributed by atoms with E-state index in [1.54, 1.807) is 19.2 Å². The molecule has 3 N–H and O–H groups in total. The van der Waals surface area contributed by atoms with Crippen LogP contribution in [0.3, 0.4) is 0 Å². The summed E-state index contributed by atoms with van der Waals surface area (Å²) >= 11 is 0. The molecule has 10 heteroatoms. The minimum atomic E-state index is -0.534. The summed E-state index contributed by atoms with van der Waals surface area (Å²) in [5, 5.41) is 10.3. The van der Waals surface area contributed by atoms with E-state index in [2.05, 4.69) is 41.4 Å². The molecule has 0 unspecified atom stereocenters. The molecule has 0 aliphatic carbocycles. The topological polar surface area (TPSA) is 115 Å². The Morgan fingerprint density at radius 1 is 1.11 bits per heavy atom. The first-order chi connectivity index (χ1) is 17.6. The number of para-hydroxylation sites is 1. The number of hydrogen-bond acceptors (Lipinski definition) is 6. The Kier molecular flexibility index (Phi) is 5.55. The second-order valence-corrected chi connectivity index (χ2v) is 8.95. The molecular weight excluding hydrogens is 459 g/mol. The standard InChI is InChI=1S/C26H25FN8O/c1-2-20(36)30-16-11-15(12-28-13-16)23-22(27)21-18(14-29-23)33-34-25(21)26-31-17-7-6-8-19(24(17)32-26)35-9-4-3-5-10-35/h6-8,11-14H,2-5,9-10H2,1H3,(H,30,36)(H,31,32)(H,33,34). The predicted molar refractivity (Wildman–Crippen MR) is 137 cm³/mol. The van der Waals surface area contributed by atoms with Crippen molar-refractivity contribution in [3.63, 3.8) is 0 Å². The fraction of sp³-hybridized carbons (Fsp3) is 0.269. The molecule has 0 bridgehead atoms. The van der Waals surface area contributed by atoms with Gasteiger partial charge in [-0.3, -0.25) is 19.9 Å². The molecule has 36 heavy (non-hydrogen) atoms. The van der Waals surface area contributed by atoms with Crippen molar-refractivity contribution in [1.29, 1.82) is 0 Å². The highest BCUT2D eigenvalue weighted by Crippen LogP contribution is 2.35. The van der Waals surface area contributed by atoms with Crippen molar-refractivity contribution in [2.24, 2.45) is 0 Å². The molecule has 1 aromatic carbocycles. The minimum Gasteiger partial charge on any atom is -0.370 e. The van der Waals surface area contributed by atoms with Gasteiger partial charge in [-0.25, -0.2) is 9.37 Å². The van der Waals surface area contributed by atoms with Crippen LogP contribution in [0.1, 0.15) is 32.6 Å². The first-order valence-electron chi connectivity index (χ1n) is 12.1. The average Bonchev–Trinajstić information content (AvgIpc) is 3.54. The van der Waals surface area contributed by atoms with Crippen molar-refractivity contribution < 1.29 is 9.18 Å². The third-order valence-corrected chi connectivity index (χ3v) is 6.57.